The van der Waals surface area contributed by atoms with Crippen molar-refractivity contribution in [3.63, 3.8) is 0 Å². The van der Waals surface area contributed by atoms with Crippen molar-refractivity contribution in [2.45, 2.75) is 32.9 Å². The average molecular weight is 244 g/mol. The summed E-state index contributed by atoms with van der Waals surface area (Å²) in [5.74, 6) is 0. The van der Waals surface area contributed by atoms with Gasteiger partial charge in [-0.05, 0) is 38.6 Å². The van der Waals surface area contributed by atoms with Crippen LogP contribution in [-0.2, 0) is 0 Å². The zero-order chi connectivity index (χ0) is 13.0. The van der Waals surface area contributed by atoms with Crippen LogP contribution in [0.4, 0.5) is 0 Å². The molecule has 1 N–H and O–H groups in total. The van der Waals surface area contributed by atoms with Gasteiger partial charge in [-0.25, -0.2) is 0 Å². The maximum atomic E-state index is 4.45. The maximum Gasteiger partial charge on any atom is 0.0921 e. The number of pyridine rings is 1. The van der Waals surface area contributed by atoms with Crippen LogP contribution < -0.4 is 5.32 Å². The van der Waals surface area contributed by atoms with Crippen LogP contribution in [0.3, 0.4) is 0 Å². The summed E-state index contributed by atoms with van der Waals surface area (Å²) >= 11 is 0. The SMILES string of the molecule is CCNC(c1ccccn1)c1ccnn1C(C)C. The zero-order valence-corrected chi connectivity index (χ0v) is 11.2. The molecule has 0 aromatic carbocycles. The summed E-state index contributed by atoms with van der Waals surface area (Å²) in [5.41, 5.74) is 2.19. The van der Waals surface area contributed by atoms with E-state index in [1.54, 1.807) is 0 Å². The van der Waals surface area contributed by atoms with Gasteiger partial charge >= 0.3 is 0 Å². The molecule has 0 spiro atoms. The van der Waals surface area contributed by atoms with E-state index in [9.17, 15) is 0 Å². The number of rotatable bonds is 5. The third-order valence-corrected chi connectivity index (χ3v) is 2.88. The Morgan fingerprint density at radius 1 is 1.22 bits per heavy atom. The molecule has 0 saturated carbocycles. The van der Waals surface area contributed by atoms with Gasteiger partial charge in [0, 0.05) is 18.4 Å². The fourth-order valence-electron chi connectivity index (χ4n) is 2.10. The highest BCUT2D eigenvalue weighted by molar-refractivity contribution is 5.21. The summed E-state index contributed by atoms with van der Waals surface area (Å²) in [4.78, 5) is 4.45. The van der Waals surface area contributed by atoms with Crippen molar-refractivity contribution in [2.24, 2.45) is 0 Å². The van der Waals surface area contributed by atoms with Crippen LogP contribution in [0.5, 0.6) is 0 Å². The van der Waals surface area contributed by atoms with Crippen molar-refractivity contribution >= 4 is 0 Å². The first-order valence-electron chi connectivity index (χ1n) is 6.41. The van der Waals surface area contributed by atoms with E-state index in [4.69, 9.17) is 0 Å². The van der Waals surface area contributed by atoms with Crippen LogP contribution in [0.1, 0.15) is 44.2 Å². The van der Waals surface area contributed by atoms with Crippen LogP contribution in [0, 0.1) is 0 Å². The third-order valence-electron chi connectivity index (χ3n) is 2.88. The van der Waals surface area contributed by atoms with E-state index < -0.39 is 0 Å². The second-order valence-electron chi connectivity index (χ2n) is 4.54. The minimum absolute atomic E-state index is 0.0982. The van der Waals surface area contributed by atoms with E-state index in [0.717, 1.165) is 17.9 Å². The molecule has 4 nitrogen and oxygen atoms in total. The molecule has 0 radical (unpaired) electrons. The second-order valence-corrected chi connectivity index (χ2v) is 4.54. The van der Waals surface area contributed by atoms with Gasteiger partial charge in [0.1, 0.15) is 0 Å². The minimum Gasteiger partial charge on any atom is -0.304 e. The van der Waals surface area contributed by atoms with E-state index in [0.29, 0.717) is 6.04 Å². The molecule has 2 rings (SSSR count). The first kappa shape index (κ1) is 12.8. The van der Waals surface area contributed by atoms with E-state index >= 15 is 0 Å². The summed E-state index contributed by atoms with van der Waals surface area (Å²) in [6.07, 6.45) is 3.68. The van der Waals surface area contributed by atoms with Crippen LogP contribution in [0.15, 0.2) is 36.7 Å². The van der Waals surface area contributed by atoms with Gasteiger partial charge in [0.15, 0.2) is 0 Å². The average Bonchev–Trinajstić information content (AvgIpc) is 2.86. The van der Waals surface area contributed by atoms with Gasteiger partial charge in [-0.3, -0.25) is 9.67 Å². The Labute approximate surface area is 108 Å². The number of nitrogens with one attached hydrogen (secondary N) is 1. The summed E-state index contributed by atoms with van der Waals surface area (Å²) in [7, 11) is 0. The van der Waals surface area contributed by atoms with E-state index in [1.807, 2.05) is 35.3 Å². The molecule has 0 aliphatic carbocycles. The second kappa shape index (κ2) is 5.78. The van der Waals surface area contributed by atoms with Crippen LogP contribution in [0.2, 0.25) is 0 Å². The van der Waals surface area contributed by atoms with Crippen LogP contribution in [-0.4, -0.2) is 21.3 Å². The molecule has 2 aromatic heterocycles. The van der Waals surface area contributed by atoms with E-state index in [1.165, 1.54) is 0 Å². The molecule has 2 heterocycles. The lowest BCUT2D eigenvalue weighted by atomic mass is 10.1. The molecule has 0 bridgehead atoms. The van der Waals surface area contributed by atoms with Crippen molar-refractivity contribution in [3.05, 3.63) is 48.0 Å². The zero-order valence-electron chi connectivity index (χ0n) is 11.2. The van der Waals surface area contributed by atoms with E-state index in [-0.39, 0.29) is 6.04 Å². The summed E-state index contributed by atoms with van der Waals surface area (Å²) in [6.45, 7) is 7.27. The highest BCUT2D eigenvalue weighted by Crippen LogP contribution is 2.22. The molecule has 96 valence electrons. The normalized spacial score (nSPS) is 12.9. The van der Waals surface area contributed by atoms with Gasteiger partial charge < -0.3 is 5.32 Å². The van der Waals surface area contributed by atoms with Gasteiger partial charge in [-0.15, -0.1) is 0 Å². The Morgan fingerprint density at radius 2 is 2.06 bits per heavy atom. The van der Waals surface area contributed by atoms with E-state index in [2.05, 4.69) is 42.2 Å². The largest absolute Gasteiger partial charge is 0.304 e. The molecule has 1 unspecified atom stereocenters. The quantitative estimate of drug-likeness (QED) is 0.879. The lowest BCUT2D eigenvalue weighted by Gasteiger charge is -2.20. The first-order valence-corrected chi connectivity index (χ1v) is 6.41. The molecular weight excluding hydrogens is 224 g/mol. The highest BCUT2D eigenvalue weighted by Gasteiger charge is 2.19. The Bertz CT molecular complexity index is 476. The van der Waals surface area contributed by atoms with Gasteiger partial charge in [-0.2, -0.15) is 5.10 Å². The topological polar surface area (TPSA) is 42.7 Å². The summed E-state index contributed by atoms with van der Waals surface area (Å²) < 4.78 is 2.04. The van der Waals surface area contributed by atoms with Gasteiger partial charge in [0.25, 0.3) is 0 Å². The Kier molecular flexibility index (Phi) is 4.10. The van der Waals surface area contributed by atoms with Crippen LogP contribution in [0.25, 0.3) is 0 Å². The molecule has 2 aromatic rings. The predicted molar refractivity (Wildman–Crippen MR) is 72.4 cm³/mol. The lowest BCUT2D eigenvalue weighted by Crippen LogP contribution is -2.26. The molecule has 0 fully saturated rings. The standard InChI is InChI=1S/C14H20N4/c1-4-15-14(12-7-5-6-9-16-12)13-8-10-17-18(13)11(2)3/h5-11,14-15H,4H2,1-3H3. The van der Waals surface area contributed by atoms with Gasteiger partial charge in [0.05, 0.1) is 17.4 Å². The molecule has 0 aliphatic heterocycles. The third kappa shape index (κ3) is 2.59. The number of hydrogen-bond donors (Lipinski definition) is 1. The monoisotopic (exact) mass is 244 g/mol. The first-order chi connectivity index (χ1) is 8.74. The molecule has 18 heavy (non-hydrogen) atoms. The van der Waals surface area contributed by atoms with Gasteiger partial charge in [-0.1, -0.05) is 13.0 Å². The van der Waals surface area contributed by atoms with Crippen molar-refractivity contribution in [2.75, 3.05) is 6.54 Å². The van der Waals surface area contributed by atoms with Crippen molar-refractivity contribution in [3.8, 4) is 0 Å². The maximum absolute atomic E-state index is 4.45. The van der Waals surface area contributed by atoms with Crippen LogP contribution >= 0.6 is 0 Å². The molecule has 0 amide bonds. The number of nitrogens with zero attached hydrogens (tertiary/aromatic N) is 3. The predicted octanol–water partition coefficient (Wildman–Crippen LogP) is 2.56. The summed E-state index contributed by atoms with van der Waals surface area (Å²) in [5, 5.41) is 7.87. The molecule has 0 aliphatic rings. The number of hydrogen-bond acceptors (Lipinski definition) is 3. The Morgan fingerprint density at radius 3 is 2.67 bits per heavy atom. The molecule has 0 saturated heterocycles. The van der Waals surface area contributed by atoms with Crippen molar-refractivity contribution < 1.29 is 0 Å². The Hall–Kier alpha value is -1.68. The van der Waals surface area contributed by atoms with Crippen molar-refractivity contribution in [1.29, 1.82) is 0 Å². The lowest BCUT2D eigenvalue weighted by molar-refractivity contribution is 0.473. The smallest absolute Gasteiger partial charge is 0.0921 e. The highest BCUT2D eigenvalue weighted by atomic mass is 15.3. The Balaban J connectivity index is 2.39. The molecule has 1 atom stereocenters. The fraction of sp³-hybridized carbons (Fsp3) is 0.429. The molecular formula is C14H20N4. The minimum atomic E-state index is 0.0982. The van der Waals surface area contributed by atoms with Gasteiger partial charge in [0.2, 0.25) is 0 Å². The fourth-order valence-corrected chi connectivity index (χ4v) is 2.10. The van der Waals surface area contributed by atoms with Crippen molar-refractivity contribution in [1.82, 2.24) is 20.1 Å². The number of aromatic nitrogens is 3. The molecule has 4 heteroatoms. The summed E-state index contributed by atoms with van der Waals surface area (Å²) in [6, 6.07) is 8.50.